The van der Waals surface area contributed by atoms with Crippen molar-refractivity contribution in [1.82, 2.24) is 20.6 Å². The van der Waals surface area contributed by atoms with Gasteiger partial charge in [-0.25, -0.2) is 4.98 Å². The van der Waals surface area contributed by atoms with Gasteiger partial charge in [0.15, 0.2) is 0 Å². The molecule has 2 heterocycles. The van der Waals surface area contributed by atoms with E-state index in [1.165, 1.54) is 6.07 Å². The highest BCUT2D eigenvalue weighted by Gasteiger charge is 2.21. The molecule has 1 aromatic heterocycles. The number of unbranched alkanes of at least 4 members (excludes halogenated alkanes) is 1. The molecular weight excluding hydrogens is 447 g/mol. The molecule has 1 amide bonds. The predicted octanol–water partition coefficient (Wildman–Crippen LogP) is 3.38. The summed E-state index contributed by atoms with van der Waals surface area (Å²) in [5.41, 5.74) is 2.03. The van der Waals surface area contributed by atoms with Gasteiger partial charge in [0.2, 0.25) is 17.8 Å². The second-order valence-corrected chi connectivity index (χ2v) is 8.18. The number of hydrogen-bond donors (Lipinski definition) is 6. The first-order chi connectivity index (χ1) is 17.0. The van der Waals surface area contributed by atoms with Crippen molar-refractivity contribution in [2.45, 2.75) is 45.1 Å². The van der Waals surface area contributed by atoms with Crippen LogP contribution in [0.25, 0.3) is 0 Å². The molecule has 1 atom stereocenters. The number of halogens is 1. The highest BCUT2D eigenvalue weighted by atomic mass is 19.1. The maximum Gasteiger partial charge on any atom is 0.237 e. The molecule has 1 aliphatic rings. The Labute approximate surface area is 205 Å². The van der Waals surface area contributed by atoms with Crippen LogP contribution >= 0.6 is 0 Å². The number of carbonyl (C=O) groups excluding carboxylic acids is 1. The molecule has 3 rings (SSSR count). The maximum absolute atomic E-state index is 13.4. The number of nitrogens with zero attached hydrogens (tertiary/aromatic N) is 2. The van der Waals surface area contributed by atoms with Crippen LogP contribution in [0, 0.1) is 17.3 Å². The van der Waals surface area contributed by atoms with Crippen LogP contribution in [0.1, 0.15) is 50.2 Å². The molecule has 0 spiro atoms. The number of amides is 1. The Morgan fingerprint density at radius 1 is 1.34 bits per heavy atom. The quantitative estimate of drug-likeness (QED) is 0.165. The highest BCUT2D eigenvalue weighted by Crippen LogP contribution is 2.24. The van der Waals surface area contributed by atoms with Crippen molar-refractivity contribution in [1.29, 1.82) is 5.41 Å². The summed E-state index contributed by atoms with van der Waals surface area (Å²) >= 11 is 0. The van der Waals surface area contributed by atoms with Gasteiger partial charge in [-0.05, 0) is 50.4 Å². The Bertz CT molecular complexity index is 1090. The number of aromatic nitrogens is 2. The van der Waals surface area contributed by atoms with E-state index in [-0.39, 0.29) is 17.5 Å². The summed E-state index contributed by atoms with van der Waals surface area (Å²) in [5.74, 6) is 6.35. The fraction of sp³-hybridized carbons (Fsp3) is 0.440. The molecule has 2 aromatic rings. The van der Waals surface area contributed by atoms with Crippen LogP contribution < -0.4 is 26.6 Å². The number of hydrogen-bond acceptors (Lipinski definition) is 8. The first kappa shape index (κ1) is 25.9. The second kappa shape index (κ2) is 13.2. The van der Waals surface area contributed by atoms with Crippen molar-refractivity contribution in [3.8, 4) is 11.8 Å². The molecule has 0 unspecified atom stereocenters. The number of anilines is 4. The summed E-state index contributed by atoms with van der Waals surface area (Å²) in [6.07, 6.45) is 5.95. The van der Waals surface area contributed by atoms with Gasteiger partial charge in [-0.2, -0.15) is 9.37 Å². The van der Waals surface area contributed by atoms with E-state index in [1.807, 2.05) is 0 Å². The van der Waals surface area contributed by atoms with E-state index in [0.29, 0.717) is 41.7 Å². The first-order valence-electron chi connectivity index (χ1n) is 12.0. The number of rotatable bonds is 11. The van der Waals surface area contributed by atoms with Gasteiger partial charge in [0.1, 0.15) is 5.82 Å². The summed E-state index contributed by atoms with van der Waals surface area (Å²) < 4.78 is 13.4. The normalized spacial score (nSPS) is 14.5. The highest BCUT2D eigenvalue weighted by molar-refractivity contribution is 5.97. The van der Waals surface area contributed by atoms with E-state index in [9.17, 15) is 9.18 Å². The molecule has 1 saturated heterocycles. The minimum atomic E-state index is -1.00. The smallest absolute Gasteiger partial charge is 0.237 e. The number of benzene rings is 1. The van der Waals surface area contributed by atoms with Gasteiger partial charge in [0.25, 0.3) is 0 Å². The predicted molar refractivity (Wildman–Crippen MR) is 138 cm³/mol. The molecule has 6 N–H and O–H groups in total. The van der Waals surface area contributed by atoms with Crippen molar-refractivity contribution in [3.63, 3.8) is 0 Å². The van der Waals surface area contributed by atoms with Gasteiger partial charge < -0.3 is 26.6 Å². The third kappa shape index (κ3) is 7.65. The first-order valence-corrected chi connectivity index (χ1v) is 12.0. The van der Waals surface area contributed by atoms with E-state index in [4.69, 9.17) is 5.41 Å². The van der Waals surface area contributed by atoms with E-state index in [2.05, 4.69) is 55.3 Å². The maximum atomic E-state index is 13.4. The van der Waals surface area contributed by atoms with Crippen LogP contribution in [0.3, 0.4) is 0 Å². The van der Waals surface area contributed by atoms with Crippen LogP contribution in [0.15, 0.2) is 24.4 Å². The topological polar surface area (TPSA) is 127 Å². The second-order valence-electron chi connectivity index (χ2n) is 8.18. The van der Waals surface area contributed by atoms with E-state index in [0.717, 1.165) is 38.8 Å². The number of nitrogens with one attached hydrogen (secondary N) is 6. The lowest BCUT2D eigenvalue weighted by molar-refractivity contribution is -0.122. The Hall–Kier alpha value is -3.71. The van der Waals surface area contributed by atoms with Gasteiger partial charge in [-0.15, -0.1) is 0 Å². The molecule has 1 aliphatic heterocycles. The van der Waals surface area contributed by atoms with Crippen molar-refractivity contribution in [2.24, 2.45) is 0 Å². The van der Waals surface area contributed by atoms with Gasteiger partial charge in [0, 0.05) is 37.9 Å². The molecule has 1 aromatic carbocycles. The molecule has 0 bridgehead atoms. The Morgan fingerprint density at radius 3 is 2.91 bits per heavy atom. The molecule has 9 nitrogen and oxygen atoms in total. The summed E-state index contributed by atoms with van der Waals surface area (Å²) in [6, 6.07) is 4.83. The van der Waals surface area contributed by atoms with Gasteiger partial charge in [-0.1, -0.05) is 18.8 Å². The lowest BCUT2D eigenvalue weighted by Gasteiger charge is -2.12. The van der Waals surface area contributed by atoms with Crippen molar-refractivity contribution in [2.75, 3.05) is 42.6 Å². The zero-order valence-corrected chi connectivity index (χ0v) is 20.2. The van der Waals surface area contributed by atoms with Crippen LogP contribution in [0.5, 0.6) is 0 Å². The molecule has 0 saturated carbocycles. The SMILES string of the molecule is CCCNc1nc(Nc2ccc(C(=N)F)c(NC)c2)ncc1C#CCCCNC(=O)[C@@H]1CCCN1. The third-order valence-corrected chi connectivity index (χ3v) is 5.49. The lowest BCUT2D eigenvalue weighted by Crippen LogP contribution is -2.40. The van der Waals surface area contributed by atoms with Crippen LogP contribution in [-0.4, -0.2) is 54.6 Å². The van der Waals surface area contributed by atoms with Crippen molar-refractivity contribution >= 4 is 35.0 Å². The van der Waals surface area contributed by atoms with Crippen LogP contribution in [0.2, 0.25) is 0 Å². The largest absolute Gasteiger partial charge is 0.387 e. The summed E-state index contributed by atoms with van der Waals surface area (Å²) in [4.78, 5) is 21.0. The zero-order valence-electron chi connectivity index (χ0n) is 20.2. The van der Waals surface area contributed by atoms with E-state index >= 15 is 0 Å². The average molecular weight is 481 g/mol. The zero-order chi connectivity index (χ0) is 25.0. The lowest BCUT2D eigenvalue weighted by atomic mass is 10.1. The van der Waals surface area contributed by atoms with Crippen LogP contribution in [-0.2, 0) is 4.79 Å². The van der Waals surface area contributed by atoms with Crippen LogP contribution in [0.4, 0.5) is 27.5 Å². The molecule has 0 radical (unpaired) electrons. The Morgan fingerprint density at radius 2 is 2.20 bits per heavy atom. The summed E-state index contributed by atoms with van der Waals surface area (Å²) in [7, 11) is 1.67. The van der Waals surface area contributed by atoms with Gasteiger partial charge in [0.05, 0.1) is 23.4 Å². The molecule has 0 aliphatic carbocycles. The molecular formula is C25H33FN8O. The Kier molecular flexibility index (Phi) is 9.80. The molecule has 35 heavy (non-hydrogen) atoms. The van der Waals surface area contributed by atoms with Gasteiger partial charge in [-0.3, -0.25) is 10.2 Å². The monoisotopic (exact) mass is 480 g/mol. The Balaban J connectivity index is 1.61. The summed E-state index contributed by atoms with van der Waals surface area (Å²) in [6.45, 7) is 4.31. The fourth-order valence-electron chi connectivity index (χ4n) is 3.64. The minimum absolute atomic E-state index is 0.0579. The average Bonchev–Trinajstić information content (AvgIpc) is 3.40. The standard InChI is InChI=1S/C25H33FN8O/c1-3-12-30-23-17(8-5-4-6-13-31-24(35)20-9-7-14-29-20)16-32-25(34-23)33-18-10-11-19(22(26)27)21(15-18)28-2/h10-11,15-16,20,27-29H,3-4,6-7,9,12-14H2,1-2H3,(H,31,35)(H2,30,32,33,34)/t20-/m0/s1. The van der Waals surface area contributed by atoms with Gasteiger partial charge >= 0.3 is 0 Å². The van der Waals surface area contributed by atoms with E-state index in [1.54, 1.807) is 25.4 Å². The fourth-order valence-corrected chi connectivity index (χ4v) is 3.64. The van der Waals surface area contributed by atoms with Crippen molar-refractivity contribution in [3.05, 3.63) is 35.5 Å². The summed E-state index contributed by atoms with van der Waals surface area (Å²) in [5, 5.41) is 22.7. The third-order valence-electron chi connectivity index (χ3n) is 5.49. The number of carbonyl (C=O) groups is 1. The van der Waals surface area contributed by atoms with Crippen molar-refractivity contribution < 1.29 is 9.18 Å². The molecule has 1 fully saturated rings. The van der Waals surface area contributed by atoms with E-state index < -0.39 is 5.97 Å². The molecule has 10 heteroatoms. The minimum Gasteiger partial charge on any atom is -0.387 e. The molecule has 186 valence electrons.